The van der Waals surface area contributed by atoms with Crippen LogP contribution >= 0.6 is 0 Å². The molecule has 1 aliphatic rings. The summed E-state index contributed by atoms with van der Waals surface area (Å²) in [5.74, 6) is 0. The number of carbonyl (C=O) groups is 1. The van der Waals surface area contributed by atoms with Crippen LogP contribution in [0, 0.1) is 6.92 Å². The van der Waals surface area contributed by atoms with Gasteiger partial charge in [0.1, 0.15) is 0 Å². The Balaban J connectivity index is 2.28. The molecule has 0 radical (unpaired) electrons. The molecule has 0 bridgehead atoms. The lowest BCUT2D eigenvalue weighted by atomic mass is 10.1. The molecule has 0 unspecified atom stereocenters. The number of rotatable bonds is 1. The summed E-state index contributed by atoms with van der Waals surface area (Å²) >= 11 is 0. The minimum atomic E-state index is -0.0375. The number of nitrogens with two attached hydrogens (primary N) is 1. The van der Waals surface area contributed by atoms with Gasteiger partial charge >= 0.3 is 6.03 Å². The van der Waals surface area contributed by atoms with Crippen LogP contribution < -0.4 is 16.0 Å². The predicted octanol–water partition coefficient (Wildman–Crippen LogP) is 1.50. The Kier molecular flexibility index (Phi) is 2.49. The van der Waals surface area contributed by atoms with Crippen molar-refractivity contribution in [1.82, 2.24) is 5.32 Å². The number of nitrogens with one attached hydrogen (secondary N) is 1. The van der Waals surface area contributed by atoms with E-state index in [0.717, 1.165) is 36.4 Å². The van der Waals surface area contributed by atoms with Crippen molar-refractivity contribution in [1.29, 1.82) is 0 Å². The highest BCUT2D eigenvalue weighted by Crippen LogP contribution is 2.22. The van der Waals surface area contributed by atoms with Crippen LogP contribution in [0.25, 0.3) is 0 Å². The van der Waals surface area contributed by atoms with Crippen molar-refractivity contribution < 1.29 is 4.79 Å². The zero-order valence-electron chi connectivity index (χ0n) is 8.79. The molecule has 4 nitrogen and oxygen atoms in total. The monoisotopic (exact) mass is 205 g/mol. The highest BCUT2D eigenvalue weighted by molar-refractivity contribution is 5.93. The molecule has 0 atom stereocenters. The fourth-order valence-corrected chi connectivity index (χ4v) is 1.67. The molecule has 1 heterocycles. The normalized spacial score (nSPS) is 16.3. The third-order valence-electron chi connectivity index (χ3n) is 2.65. The standard InChI is InChI=1S/C11H15N3O/c1-8-3-4-9(7-10(8)12)14-6-2-5-13-11(14)15/h3-4,7H,2,5-6,12H2,1H3,(H,13,15). The molecule has 15 heavy (non-hydrogen) atoms. The molecule has 0 spiro atoms. The average Bonchev–Trinajstić information content (AvgIpc) is 2.23. The van der Waals surface area contributed by atoms with E-state index in [0.29, 0.717) is 0 Å². The van der Waals surface area contributed by atoms with Crippen LogP contribution in [0.1, 0.15) is 12.0 Å². The lowest BCUT2D eigenvalue weighted by molar-refractivity contribution is 0.243. The Morgan fingerprint density at radius 3 is 2.93 bits per heavy atom. The van der Waals surface area contributed by atoms with Gasteiger partial charge in [0.05, 0.1) is 0 Å². The van der Waals surface area contributed by atoms with E-state index < -0.39 is 0 Å². The second-order valence-corrected chi connectivity index (χ2v) is 3.78. The molecule has 0 saturated carbocycles. The molecule has 1 aromatic carbocycles. The topological polar surface area (TPSA) is 58.4 Å². The number of amides is 2. The summed E-state index contributed by atoms with van der Waals surface area (Å²) in [7, 11) is 0. The van der Waals surface area contributed by atoms with Crippen LogP contribution in [0.2, 0.25) is 0 Å². The largest absolute Gasteiger partial charge is 0.398 e. The van der Waals surface area contributed by atoms with Gasteiger partial charge in [-0.05, 0) is 31.0 Å². The highest BCUT2D eigenvalue weighted by atomic mass is 16.2. The molecule has 1 fully saturated rings. The molecular weight excluding hydrogens is 190 g/mol. The van der Waals surface area contributed by atoms with E-state index in [1.807, 2.05) is 25.1 Å². The number of hydrogen-bond acceptors (Lipinski definition) is 2. The number of carbonyl (C=O) groups excluding carboxylic acids is 1. The van der Waals surface area contributed by atoms with E-state index in [4.69, 9.17) is 5.73 Å². The van der Waals surface area contributed by atoms with Crippen LogP contribution in [-0.4, -0.2) is 19.1 Å². The third-order valence-corrected chi connectivity index (χ3v) is 2.65. The molecule has 3 N–H and O–H groups in total. The van der Waals surface area contributed by atoms with E-state index >= 15 is 0 Å². The fraction of sp³-hybridized carbons (Fsp3) is 0.364. The van der Waals surface area contributed by atoms with Gasteiger partial charge in [0, 0.05) is 24.5 Å². The van der Waals surface area contributed by atoms with Crippen molar-refractivity contribution in [3.05, 3.63) is 23.8 Å². The van der Waals surface area contributed by atoms with Gasteiger partial charge in [-0.1, -0.05) is 6.07 Å². The van der Waals surface area contributed by atoms with Gasteiger partial charge in [-0.2, -0.15) is 0 Å². The zero-order chi connectivity index (χ0) is 10.8. The molecule has 4 heteroatoms. The molecule has 1 saturated heterocycles. The van der Waals surface area contributed by atoms with Crippen molar-refractivity contribution in [2.45, 2.75) is 13.3 Å². The van der Waals surface area contributed by atoms with Gasteiger partial charge in [-0.3, -0.25) is 4.90 Å². The van der Waals surface area contributed by atoms with Crippen LogP contribution in [0.5, 0.6) is 0 Å². The van der Waals surface area contributed by atoms with Crippen LogP contribution in [0.4, 0.5) is 16.2 Å². The van der Waals surface area contributed by atoms with E-state index in [-0.39, 0.29) is 6.03 Å². The summed E-state index contributed by atoms with van der Waals surface area (Å²) in [6.45, 7) is 3.47. The maximum Gasteiger partial charge on any atom is 0.321 e. The number of nitrogens with zero attached hydrogens (tertiary/aromatic N) is 1. The lowest BCUT2D eigenvalue weighted by Gasteiger charge is -2.27. The lowest BCUT2D eigenvalue weighted by Crippen LogP contribution is -2.46. The van der Waals surface area contributed by atoms with Gasteiger partial charge in [-0.25, -0.2) is 4.79 Å². The van der Waals surface area contributed by atoms with Crippen molar-refractivity contribution in [2.75, 3.05) is 23.7 Å². The Morgan fingerprint density at radius 2 is 2.27 bits per heavy atom. The van der Waals surface area contributed by atoms with Crippen LogP contribution in [0.3, 0.4) is 0 Å². The Bertz CT molecular complexity index is 389. The molecule has 0 aliphatic carbocycles. The molecule has 0 aromatic heterocycles. The first-order chi connectivity index (χ1) is 7.18. The second-order valence-electron chi connectivity index (χ2n) is 3.78. The number of hydrogen-bond donors (Lipinski definition) is 2. The summed E-state index contributed by atoms with van der Waals surface area (Å²) in [6.07, 6.45) is 0.972. The minimum Gasteiger partial charge on any atom is -0.398 e. The summed E-state index contributed by atoms with van der Waals surface area (Å²) in [5.41, 5.74) is 8.45. The first kappa shape index (κ1) is 9.83. The smallest absolute Gasteiger partial charge is 0.321 e. The van der Waals surface area contributed by atoms with Crippen molar-refractivity contribution in [3.8, 4) is 0 Å². The molecule has 1 aliphatic heterocycles. The number of nitrogen functional groups attached to an aromatic ring is 1. The number of aryl methyl sites for hydroxylation is 1. The Hall–Kier alpha value is -1.71. The summed E-state index contributed by atoms with van der Waals surface area (Å²) in [4.78, 5) is 13.3. The maximum absolute atomic E-state index is 11.6. The molecular formula is C11H15N3O. The zero-order valence-corrected chi connectivity index (χ0v) is 8.79. The van der Waals surface area contributed by atoms with Crippen LogP contribution in [-0.2, 0) is 0 Å². The molecule has 1 aromatic rings. The second kappa shape index (κ2) is 3.81. The summed E-state index contributed by atoms with van der Waals surface area (Å²) in [5, 5.41) is 2.81. The number of benzene rings is 1. The van der Waals surface area contributed by atoms with Gasteiger partial charge in [0.2, 0.25) is 0 Å². The third kappa shape index (κ3) is 1.88. The summed E-state index contributed by atoms with van der Waals surface area (Å²) < 4.78 is 0. The molecule has 2 amide bonds. The first-order valence-electron chi connectivity index (χ1n) is 5.10. The van der Waals surface area contributed by atoms with E-state index in [9.17, 15) is 4.79 Å². The number of urea groups is 1. The van der Waals surface area contributed by atoms with Crippen LogP contribution in [0.15, 0.2) is 18.2 Å². The highest BCUT2D eigenvalue weighted by Gasteiger charge is 2.19. The van der Waals surface area contributed by atoms with Gasteiger partial charge in [0.15, 0.2) is 0 Å². The Labute approximate surface area is 89.1 Å². The fourth-order valence-electron chi connectivity index (χ4n) is 1.67. The average molecular weight is 205 g/mol. The molecule has 2 rings (SSSR count). The minimum absolute atomic E-state index is 0.0375. The van der Waals surface area contributed by atoms with Crippen molar-refractivity contribution in [3.63, 3.8) is 0 Å². The SMILES string of the molecule is Cc1ccc(N2CCCNC2=O)cc1N. The summed E-state index contributed by atoms with van der Waals surface area (Å²) in [6, 6.07) is 5.67. The van der Waals surface area contributed by atoms with E-state index in [2.05, 4.69) is 5.32 Å². The molecule has 80 valence electrons. The van der Waals surface area contributed by atoms with Gasteiger partial charge in [-0.15, -0.1) is 0 Å². The van der Waals surface area contributed by atoms with Gasteiger partial charge < -0.3 is 11.1 Å². The number of anilines is 2. The maximum atomic E-state index is 11.6. The quantitative estimate of drug-likeness (QED) is 0.682. The van der Waals surface area contributed by atoms with Crippen molar-refractivity contribution in [2.24, 2.45) is 0 Å². The van der Waals surface area contributed by atoms with Gasteiger partial charge in [0.25, 0.3) is 0 Å². The predicted molar refractivity (Wildman–Crippen MR) is 61.0 cm³/mol. The first-order valence-corrected chi connectivity index (χ1v) is 5.10. The Morgan fingerprint density at radius 1 is 1.47 bits per heavy atom. The van der Waals surface area contributed by atoms with Crippen molar-refractivity contribution >= 4 is 17.4 Å². The van der Waals surface area contributed by atoms with E-state index in [1.165, 1.54) is 0 Å². The van der Waals surface area contributed by atoms with E-state index in [1.54, 1.807) is 4.90 Å².